The summed E-state index contributed by atoms with van der Waals surface area (Å²) in [4.78, 5) is 0. The van der Waals surface area contributed by atoms with Gasteiger partial charge < -0.3 is 10.1 Å². The van der Waals surface area contributed by atoms with Crippen LogP contribution < -0.4 is 5.32 Å². The van der Waals surface area contributed by atoms with Gasteiger partial charge in [0, 0.05) is 12.8 Å². The summed E-state index contributed by atoms with van der Waals surface area (Å²) in [5, 5.41) is 12.3. The first kappa shape index (κ1) is 14.0. The third-order valence-corrected chi connectivity index (χ3v) is 2.89. The summed E-state index contributed by atoms with van der Waals surface area (Å²) in [5.74, 6) is -0.331. The van der Waals surface area contributed by atoms with Gasteiger partial charge in [-0.15, -0.1) is 0 Å². The number of nitriles is 1. The number of hydrogen-bond acceptors (Lipinski definition) is 3. The standard InChI is InChI=1S/C16H15FN2O/c1-20-11-12-5-7-13(8-6-12)16(10-18)19-15-4-2-3-14(17)9-15/h2-9,16,19H,11H2,1H3. The van der Waals surface area contributed by atoms with Crippen molar-refractivity contribution in [2.75, 3.05) is 12.4 Å². The topological polar surface area (TPSA) is 45.0 Å². The lowest BCUT2D eigenvalue weighted by Crippen LogP contribution is -2.08. The molecule has 20 heavy (non-hydrogen) atoms. The van der Waals surface area contributed by atoms with Crippen molar-refractivity contribution in [2.45, 2.75) is 12.6 Å². The predicted octanol–water partition coefficient (Wildman–Crippen LogP) is 3.65. The lowest BCUT2D eigenvalue weighted by Gasteiger charge is -2.14. The van der Waals surface area contributed by atoms with Crippen molar-refractivity contribution in [1.29, 1.82) is 5.26 Å². The number of rotatable bonds is 5. The van der Waals surface area contributed by atoms with Crippen LogP contribution >= 0.6 is 0 Å². The molecular formula is C16H15FN2O. The molecule has 2 rings (SSSR count). The van der Waals surface area contributed by atoms with Crippen LogP contribution in [0.3, 0.4) is 0 Å². The van der Waals surface area contributed by atoms with Crippen LogP contribution in [0.1, 0.15) is 17.2 Å². The fraction of sp³-hybridized carbons (Fsp3) is 0.188. The van der Waals surface area contributed by atoms with Gasteiger partial charge in [0.05, 0.1) is 12.7 Å². The Balaban J connectivity index is 2.14. The van der Waals surface area contributed by atoms with E-state index in [2.05, 4.69) is 11.4 Å². The Morgan fingerprint density at radius 1 is 1.25 bits per heavy atom. The Kier molecular flexibility index (Phi) is 4.70. The average Bonchev–Trinajstić information content (AvgIpc) is 2.46. The Morgan fingerprint density at radius 2 is 2.00 bits per heavy atom. The van der Waals surface area contributed by atoms with Gasteiger partial charge in [-0.2, -0.15) is 5.26 Å². The quantitative estimate of drug-likeness (QED) is 0.902. The summed E-state index contributed by atoms with van der Waals surface area (Å²) < 4.78 is 18.2. The Hall–Kier alpha value is -2.38. The first-order chi connectivity index (χ1) is 9.72. The van der Waals surface area contributed by atoms with Crippen LogP contribution in [0, 0.1) is 17.1 Å². The van der Waals surface area contributed by atoms with Crippen molar-refractivity contribution in [3.05, 3.63) is 65.5 Å². The minimum absolute atomic E-state index is 0.331. The molecule has 0 aromatic heterocycles. The molecule has 0 fully saturated rings. The molecule has 2 aromatic rings. The second-order valence-electron chi connectivity index (χ2n) is 4.39. The Bertz CT molecular complexity index is 605. The van der Waals surface area contributed by atoms with E-state index in [1.165, 1.54) is 12.1 Å². The summed E-state index contributed by atoms with van der Waals surface area (Å²) in [6.45, 7) is 0.537. The lowest BCUT2D eigenvalue weighted by molar-refractivity contribution is 0.185. The normalized spacial score (nSPS) is 11.7. The molecule has 0 aliphatic carbocycles. The number of methoxy groups -OCH3 is 1. The van der Waals surface area contributed by atoms with E-state index in [9.17, 15) is 9.65 Å². The van der Waals surface area contributed by atoms with E-state index in [1.807, 2.05) is 24.3 Å². The van der Waals surface area contributed by atoms with Gasteiger partial charge in [-0.3, -0.25) is 0 Å². The number of ether oxygens (including phenoxy) is 1. The maximum absolute atomic E-state index is 13.1. The predicted molar refractivity (Wildman–Crippen MR) is 75.5 cm³/mol. The van der Waals surface area contributed by atoms with Gasteiger partial charge in [0.2, 0.25) is 0 Å². The van der Waals surface area contributed by atoms with Gasteiger partial charge in [-0.25, -0.2) is 4.39 Å². The van der Waals surface area contributed by atoms with Crippen LogP contribution in [0.15, 0.2) is 48.5 Å². The maximum Gasteiger partial charge on any atom is 0.140 e. The van der Waals surface area contributed by atoms with E-state index < -0.39 is 6.04 Å². The lowest BCUT2D eigenvalue weighted by atomic mass is 10.1. The van der Waals surface area contributed by atoms with Crippen molar-refractivity contribution in [1.82, 2.24) is 0 Å². The van der Waals surface area contributed by atoms with Gasteiger partial charge >= 0.3 is 0 Å². The Morgan fingerprint density at radius 3 is 2.60 bits per heavy atom. The molecule has 0 heterocycles. The smallest absolute Gasteiger partial charge is 0.140 e. The molecule has 1 N–H and O–H groups in total. The molecule has 0 saturated heterocycles. The van der Waals surface area contributed by atoms with Crippen molar-refractivity contribution >= 4 is 5.69 Å². The van der Waals surface area contributed by atoms with Gasteiger partial charge in [0.15, 0.2) is 0 Å². The van der Waals surface area contributed by atoms with Gasteiger partial charge in [0.1, 0.15) is 11.9 Å². The highest BCUT2D eigenvalue weighted by atomic mass is 19.1. The van der Waals surface area contributed by atoms with Crippen LogP contribution in [0.5, 0.6) is 0 Å². The molecule has 0 aliphatic heterocycles. The highest BCUT2D eigenvalue weighted by Crippen LogP contribution is 2.20. The van der Waals surface area contributed by atoms with Crippen molar-refractivity contribution in [2.24, 2.45) is 0 Å². The molecule has 3 nitrogen and oxygen atoms in total. The van der Waals surface area contributed by atoms with Crippen LogP contribution in [-0.2, 0) is 11.3 Å². The summed E-state index contributed by atoms with van der Waals surface area (Å²) in [6.07, 6.45) is 0. The zero-order valence-corrected chi connectivity index (χ0v) is 11.1. The van der Waals surface area contributed by atoms with Crippen molar-refractivity contribution in [3.8, 4) is 6.07 Å². The summed E-state index contributed by atoms with van der Waals surface area (Å²) in [7, 11) is 1.64. The van der Waals surface area contributed by atoms with E-state index in [0.29, 0.717) is 12.3 Å². The summed E-state index contributed by atoms with van der Waals surface area (Å²) >= 11 is 0. The first-order valence-corrected chi connectivity index (χ1v) is 6.22. The minimum atomic E-state index is -0.520. The second kappa shape index (κ2) is 6.69. The minimum Gasteiger partial charge on any atom is -0.380 e. The van der Waals surface area contributed by atoms with Gasteiger partial charge in [-0.1, -0.05) is 30.3 Å². The summed E-state index contributed by atoms with van der Waals surface area (Å²) in [6, 6.07) is 15.3. The number of halogens is 1. The second-order valence-corrected chi connectivity index (χ2v) is 4.39. The Labute approximate surface area is 117 Å². The van der Waals surface area contributed by atoms with Crippen LogP contribution in [0.25, 0.3) is 0 Å². The van der Waals surface area contributed by atoms with Crippen LogP contribution in [0.2, 0.25) is 0 Å². The zero-order valence-electron chi connectivity index (χ0n) is 11.1. The monoisotopic (exact) mass is 270 g/mol. The molecule has 0 aliphatic rings. The first-order valence-electron chi connectivity index (χ1n) is 6.22. The van der Waals surface area contributed by atoms with Gasteiger partial charge in [-0.05, 0) is 29.3 Å². The van der Waals surface area contributed by atoms with E-state index in [1.54, 1.807) is 19.2 Å². The molecule has 102 valence electrons. The summed E-state index contributed by atoms with van der Waals surface area (Å²) in [5.41, 5.74) is 2.45. The van der Waals surface area contributed by atoms with Crippen LogP contribution in [-0.4, -0.2) is 7.11 Å². The van der Waals surface area contributed by atoms with E-state index in [4.69, 9.17) is 4.74 Å². The van der Waals surface area contributed by atoms with Crippen LogP contribution in [0.4, 0.5) is 10.1 Å². The third-order valence-electron chi connectivity index (χ3n) is 2.89. The fourth-order valence-electron chi connectivity index (χ4n) is 1.91. The average molecular weight is 270 g/mol. The molecule has 0 radical (unpaired) electrons. The number of benzene rings is 2. The molecule has 0 spiro atoms. The molecule has 0 amide bonds. The number of nitrogens with one attached hydrogen (secondary N) is 1. The third kappa shape index (κ3) is 3.56. The number of hydrogen-bond donors (Lipinski definition) is 1. The highest BCUT2D eigenvalue weighted by Gasteiger charge is 2.10. The van der Waals surface area contributed by atoms with Crippen molar-refractivity contribution in [3.63, 3.8) is 0 Å². The molecular weight excluding hydrogens is 255 g/mol. The number of anilines is 1. The molecule has 2 aromatic carbocycles. The van der Waals surface area contributed by atoms with E-state index >= 15 is 0 Å². The molecule has 1 unspecified atom stereocenters. The largest absolute Gasteiger partial charge is 0.380 e. The molecule has 4 heteroatoms. The van der Waals surface area contributed by atoms with E-state index in [-0.39, 0.29) is 5.82 Å². The number of nitrogens with zero attached hydrogens (tertiary/aromatic N) is 1. The fourth-order valence-corrected chi connectivity index (χ4v) is 1.91. The van der Waals surface area contributed by atoms with Gasteiger partial charge in [0.25, 0.3) is 0 Å². The van der Waals surface area contributed by atoms with E-state index in [0.717, 1.165) is 11.1 Å². The molecule has 1 atom stereocenters. The molecule has 0 bridgehead atoms. The highest BCUT2D eigenvalue weighted by molar-refractivity contribution is 5.47. The van der Waals surface area contributed by atoms with Crippen molar-refractivity contribution < 1.29 is 9.13 Å². The zero-order chi connectivity index (χ0) is 14.4. The SMILES string of the molecule is COCc1ccc(C(C#N)Nc2cccc(F)c2)cc1. The molecule has 0 saturated carbocycles. The maximum atomic E-state index is 13.1.